The smallest absolute Gasteiger partial charge is 0.129 e. The molecule has 0 saturated heterocycles. The van der Waals surface area contributed by atoms with E-state index < -0.39 is 0 Å². The lowest BCUT2D eigenvalue weighted by atomic mass is 9.50. The Kier molecular flexibility index (Phi) is 3.59. The zero-order chi connectivity index (χ0) is 14.7. The van der Waals surface area contributed by atoms with Gasteiger partial charge in [-0.25, -0.2) is 4.39 Å². The molecule has 2 N–H and O–H groups in total. The van der Waals surface area contributed by atoms with Crippen molar-refractivity contribution in [2.45, 2.75) is 38.1 Å². The van der Waals surface area contributed by atoms with Crippen molar-refractivity contribution >= 4 is 27.5 Å². The van der Waals surface area contributed by atoms with Crippen molar-refractivity contribution in [1.29, 1.82) is 0 Å². The predicted molar refractivity (Wildman–Crippen MR) is 86.6 cm³/mol. The zero-order valence-electron chi connectivity index (χ0n) is 11.9. The molecule has 0 radical (unpaired) electrons. The van der Waals surface area contributed by atoms with Gasteiger partial charge in [0.1, 0.15) is 5.82 Å². The number of halogens is 3. The van der Waals surface area contributed by atoms with Crippen LogP contribution in [0, 0.1) is 35.4 Å². The van der Waals surface area contributed by atoms with Crippen LogP contribution >= 0.6 is 27.5 Å². The van der Waals surface area contributed by atoms with Gasteiger partial charge < -0.3 is 5.73 Å². The molecule has 4 bridgehead atoms. The Balaban J connectivity index is 1.66. The van der Waals surface area contributed by atoms with Crippen molar-refractivity contribution in [3.63, 3.8) is 0 Å². The molecule has 4 heteroatoms. The van der Waals surface area contributed by atoms with Gasteiger partial charge in [-0.3, -0.25) is 0 Å². The molecule has 21 heavy (non-hydrogen) atoms. The molecule has 1 aromatic rings. The number of rotatable bonds is 2. The van der Waals surface area contributed by atoms with Gasteiger partial charge in [0.25, 0.3) is 0 Å². The topological polar surface area (TPSA) is 26.0 Å². The minimum Gasteiger partial charge on any atom is -0.324 e. The molecule has 0 heterocycles. The fraction of sp³-hybridized carbons (Fsp3) is 0.647. The van der Waals surface area contributed by atoms with Gasteiger partial charge in [0, 0.05) is 16.1 Å². The molecule has 0 spiro atoms. The van der Waals surface area contributed by atoms with Crippen LogP contribution in [0.1, 0.15) is 43.7 Å². The summed E-state index contributed by atoms with van der Waals surface area (Å²) in [4.78, 5) is 0. The first-order valence-corrected chi connectivity index (χ1v) is 9.10. The highest BCUT2D eigenvalue weighted by Crippen LogP contribution is 2.59. The fourth-order valence-corrected chi connectivity index (χ4v) is 6.04. The maximum absolute atomic E-state index is 14.3. The van der Waals surface area contributed by atoms with Crippen molar-refractivity contribution in [3.05, 3.63) is 33.0 Å². The van der Waals surface area contributed by atoms with Gasteiger partial charge in [-0.2, -0.15) is 0 Å². The molecular weight excluding hydrogens is 353 g/mol. The Bertz CT molecular complexity index is 548. The minimum absolute atomic E-state index is 0.217. The molecule has 5 rings (SSSR count). The molecule has 0 aliphatic heterocycles. The third kappa shape index (κ3) is 2.36. The second-order valence-corrected chi connectivity index (χ2v) is 8.58. The van der Waals surface area contributed by atoms with E-state index in [2.05, 4.69) is 15.9 Å². The summed E-state index contributed by atoms with van der Waals surface area (Å²) in [7, 11) is 0. The third-order valence-electron chi connectivity index (χ3n) is 6.11. The first kappa shape index (κ1) is 14.5. The normalized spacial score (nSPS) is 38.8. The van der Waals surface area contributed by atoms with Crippen LogP contribution in [0.2, 0.25) is 5.02 Å². The monoisotopic (exact) mass is 371 g/mol. The number of hydrogen-bond acceptors (Lipinski definition) is 1. The number of benzene rings is 1. The van der Waals surface area contributed by atoms with Crippen LogP contribution in [0.4, 0.5) is 4.39 Å². The Labute approximate surface area is 138 Å². The molecule has 1 unspecified atom stereocenters. The van der Waals surface area contributed by atoms with E-state index in [0.29, 0.717) is 32.8 Å². The van der Waals surface area contributed by atoms with E-state index in [-0.39, 0.29) is 11.9 Å². The SMILES string of the molecule is NC(c1cc(Cl)c(Br)cc1F)C1C2CC3CC(C2)CC1C3. The van der Waals surface area contributed by atoms with Crippen molar-refractivity contribution in [2.24, 2.45) is 35.3 Å². The largest absolute Gasteiger partial charge is 0.324 e. The van der Waals surface area contributed by atoms with Crippen LogP contribution in [0.15, 0.2) is 16.6 Å². The van der Waals surface area contributed by atoms with Crippen LogP contribution in [0.5, 0.6) is 0 Å². The Morgan fingerprint density at radius 1 is 1.10 bits per heavy atom. The van der Waals surface area contributed by atoms with Crippen LogP contribution in [0.25, 0.3) is 0 Å². The summed E-state index contributed by atoms with van der Waals surface area (Å²) in [5, 5.41) is 0.547. The lowest BCUT2D eigenvalue weighted by Gasteiger charge is -2.56. The zero-order valence-corrected chi connectivity index (χ0v) is 14.2. The highest BCUT2D eigenvalue weighted by molar-refractivity contribution is 9.10. The Hall–Kier alpha value is -0.120. The maximum atomic E-state index is 14.3. The second-order valence-electron chi connectivity index (χ2n) is 7.32. The summed E-state index contributed by atoms with van der Waals surface area (Å²) in [5.74, 6) is 3.41. The van der Waals surface area contributed by atoms with Gasteiger partial charge in [-0.15, -0.1) is 0 Å². The molecule has 114 valence electrons. The van der Waals surface area contributed by atoms with E-state index in [1.54, 1.807) is 6.07 Å². The maximum Gasteiger partial charge on any atom is 0.129 e. The highest BCUT2D eigenvalue weighted by Gasteiger charge is 2.50. The van der Waals surface area contributed by atoms with E-state index in [4.69, 9.17) is 17.3 Å². The van der Waals surface area contributed by atoms with E-state index in [9.17, 15) is 4.39 Å². The molecule has 1 aromatic carbocycles. The molecule has 4 saturated carbocycles. The molecule has 0 aromatic heterocycles. The fourth-order valence-electron chi connectivity index (χ4n) is 5.55. The predicted octanol–water partition coefficient (Wildman–Crippen LogP) is 5.31. The van der Waals surface area contributed by atoms with Gasteiger partial charge in [0.05, 0.1) is 5.02 Å². The van der Waals surface area contributed by atoms with Crippen molar-refractivity contribution in [2.75, 3.05) is 0 Å². The van der Waals surface area contributed by atoms with Gasteiger partial charge in [0.15, 0.2) is 0 Å². The van der Waals surface area contributed by atoms with Crippen molar-refractivity contribution in [1.82, 2.24) is 0 Å². The molecule has 4 aliphatic rings. The van der Waals surface area contributed by atoms with Crippen LogP contribution < -0.4 is 5.73 Å². The van der Waals surface area contributed by atoms with Crippen LogP contribution in [-0.2, 0) is 0 Å². The average Bonchev–Trinajstić information content (AvgIpc) is 2.41. The van der Waals surface area contributed by atoms with E-state index in [1.165, 1.54) is 38.2 Å². The first-order valence-electron chi connectivity index (χ1n) is 7.93. The number of hydrogen-bond donors (Lipinski definition) is 1. The lowest BCUT2D eigenvalue weighted by molar-refractivity contribution is -0.0475. The molecule has 4 aliphatic carbocycles. The molecule has 4 fully saturated rings. The van der Waals surface area contributed by atoms with Crippen molar-refractivity contribution in [3.8, 4) is 0 Å². The molecular formula is C17H20BrClFN. The number of nitrogens with two attached hydrogens (primary N) is 1. The molecule has 1 atom stereocenters. The molecule has 0 amide bonds. The Morgan fingerprint density at radius 3 is 2.24 bits per heavy atom. The van der Waals surface area contributed by atoms with Crippen molar-refractivity contribution < 1.29 is 4.39 Å². The van der Waals surface area contributed by atoms with E-state index in [1.807, 2.05) is 0 Å². The van der Waals surface area contributed by atoms with Gasteiger partial charge >= 0.3 is 0 Å². The van der Waals surface area contributed by atoms with Crippen LogP contribution in [0.3, 0.4) is 0 Å². The summed E-state index contributed by atoms with van der Waals surface area (Å²) >= 11 is 9.43. The van der Waals surface area contributed by atoms with Crippen LogP contribution in [-0.4, -0.2) is 0 Å². The van der Waals surface area contributed by atoms with Gasteiger partial charge in [-0.05, 0) is 89.8 Å². The van der Waals surface area contributed by atoms with Gasteiger partial charge in [-0.1, -0.05) is 11.6 Å². The summed E-state index contributed by atoms with van der Waals surface area (Å²) in [6.45, 7) is 0. The summed E-state index contributed by atoms with van der Waals surface area (Å²) in [6.07, 6.45) is 6.64. The lowest BCUT2D eigenvalue weighted by Crippen LogP contribution is -2.48. The van der Waals surface area contributed by atoms with E-state index >= 15 is 0 Å². The standard InChI is InChI=1S/C17H20BrClFN/c18-13-7-15(20)12(6-14(13)19)17(21)16-10-2-8-1-9(4-10)5-11(16)3-8/h6-11,16-17H,1-5,21H2. The van der Waals surface area contributed by atoms with E-state index in [0.717, 1.165) is 11.8 Å². The minimum atomic E-state index is -0.229. The summed E-state index contributed by atoms with van der Waals surface area (Å²) < 4.78 is 14.9. The highest BCUT2D eigenvalue weighted by atomic mass is 79.9. The summed E-state index contributed by atoms with van der Waals surface area (Å²) in [6, 6.07) is 2.95. The van der Waals surface area contributed by atoms with Gasteiger partial charge in [0.2, 0.25) is 0 Å². The summed E-state index contributed by atoms with van der Waals surface area (Å²) in [5.41, 5.74) is 7.12. The molecule has 1 nitrogen and oxygen atoms in total. The third-order valence-corrected chi connectivity index (χ3v) is 7.31. The average molecular weight is 373 g/mol. The Morgan fingerprint density at radius 2 is 1.67 bits per heavy atom. The second kappa shape index (κ2) is 5.21. The quantitative estimate of drug-likeness (QED) is 0.699. The first-order chi connectivity index (χ1) is 10.0.